The van der Waals surface area contributed by atoms with Gasteiger partial charge < -0.3 is 10.3 Å². The Hall–Kier alpha value is -1.77. The molecule has 0 aliphatic rings. The first-order chi connectivity index (χ1) is 7.58. The lowest BCUT2D eigenvalue weighted by molar-refractivity contribution is 0.606. The second-order valence-electron chi connectivity index (χ2n) is 4.33. The van der Waals surface area contributed by atoms with Gasteiger partial charge in [-0.1, -0.05) is 0 Å². The zero-order chi connectivity index (χ0) is 11.7. The molecule has 1 aromatic heterocycles. The van der Waals surface area contributed by atoms with Crippen LogP contribution in [0, 0.1) is 6.92 Å². The highest BCUT2D eigenvalue weighted by molar-refractivity contribution is 5.59. The van der Waals surface area contributed by atoms with Gasteiger partial charge in [0.25, 0.3) is 0 Å². The Kier molecular flexibility index (Phi) is 2.69. The quantitative estimate of drug-likeness (QED) is 0.782. The predicted octanol–water partition coefficient (Wildman–Crippen LogP) is 3.02. The highest BCUT2D eigenvalue weighted by atomic mass is 15.1. The van der Waals surface area contributed by atoms with Gasteiger partial charge >= 0.3 is 0 Å². The summed E-state index contributed by atoms with van der Waals surface area (Å²) >= 11 is 0. The third-order valence-electron chi connectivity index (χ3n) is 2.58. The molecule has 3 nitrogen and oxygen atoms in total. The largest absolute Gasteiger partial charge is 0.399 e. The number of hydrogen-bond donors (Lipinski definition) is 1. The van der Waals surface area contributed by atoms with E-state index in [4.69, 9.17) is 5.73 Å². The molecule has 0 fully saturated rings. The number of nitrogens with zero attached hydrogens (tertiary/aromatic N) is 2. The predicted molar refractivity (Wildman–Crippen MR) is 67.2 cm³/mol. The zero-order valence-corrected chi connectivity index (χ0v) is 9.94. The van der Waals surface area contributed by atoms with E-state index < -0.39 is 0 Å². The molecule has 16 heavy (non-hydrogen) atoms. The molecule has 1 heterocycles. The number of benzene rings is 1. The second-order valence-corrected chi connectivity index (χ2v) is 4.33. The second kappa shape index (κ2) is 4.00. The first kappa shape index (κ1) is 10.7. The number of imidazole rings is 1. The van der Waals surface area contributed by atoms with Crippen molar-refractivity contribution in [3.05, 3.63) is 36.2 Å². The average Bonchev–Trinajstić information content (AvgIpc) is 2.61. The van der Waals surface area contributed by atoms with E-state index in [-0.39, 0.29) is 0 Å². The molecule has 2 aromatic rings. The molecule has 0 saturated carbocycles. The smallest absolute Gasteiger partial charge is 0.140 e. The lowest BCUT2D eigenvalue weighted by Gasteiger charge is -2.11. The maximum atomic E-state index is 5.68. The van der Waals surface area contributed by atoms with Crippen molar-refractivity contribution < 1.29 is 0 Å². The van der Waals surface area contributed by atoms with E-state index in [0.29, 0.717) is 6.04 Å². The summed E-state index contributed by atoms with van der Waals surface area (Å²) in [5.74, 6) is 1.01. The van der Waals surface area contributed by atoms with Crippen molar-refractivity contribution in [2.24, 2.45) is 0 Å². The van der Waals surface area contributed by atoms with Gasteiger partial charge in [-0.3, -0.25) is 0 Å². The van der Waals surface area contributed by atoms with Crippen molar-refractivity contribution in [1.29, 1.82) is 0 Å². The van der Waals surface area contributed by atoms with E-state index in [1.54, 1.807) is 0 Å². The van der Waals surface area contributed by atoms with Crippen LogP contribution in [0.5, 0.6) is 0 Å². The Bertz CT molecular complexity index is 480. The zero-order valence-electron chi connectivity index (χ0n) is 9.94. The van der Waals surface area contributed by atoms with Gasteiger partial charge in [-0.05, 0) is 45.0 Å². The summed E-state index contributed by atoms with van der Waals surface area (Å²) in [6, 6.07) is 8.24. The Morgan fingerprint density at radius 3 is 2.38 bits per heavy atom. The van der Waals surface area contributed by atoms with Gasteiger partial charge in [0.05, 0.1) is 5.69 Å². The molecule has 0 spiro atoms. The van der Waals surface area contributed by atoms with E-state index in [0.717, 1.165) is 22.8 Å². The first-order valence-corrected chi connectivity index (χ1v) is 5.49. The van der Waals surface area contributed by atoms with Gasteiger partial charge in [0.15, 0.2) is 0 Å². The van der Waals surface area contributed by atoms with E-state index in [1.165, 1.54) is 0 Å². The van der Waals surface area contributed by atoms with E-state index in [1.807, 2.05) is 31.2 Å². The normalized spacial score (nSPS) is 11.0. The standard InChI is InChI=1S/C13H17N3/c1-9(2)16-8-10(3)15-13(16)11-4-6-12(14)7-5-11/h4-9H,14H2,1-3H3. The van der Waals surface area contributed by atoms with Gasteiger partial charge in [-0.15, -0.1) is 0 Å². The van der Waals surface area contributed by atoms with Gasteiger partial charge in [0, 0.05) is 23.5 Å². The number of aromatic nitrogens is 2. The van der Waals surface area contributed by atoms with E-state index in [2.05, 4.69) is 29.6 Å². The summed E-state index contributed by atoms with van der Waals surface area (Å²) in [5.41, 5.74) is 8.61. The maximum absolute atomic E-state index is 5.68. The molecule has 84 valence electrons. The summed E-state index contributed by atoms with van der Waals surface area (Å²) in [4.78, 5) is 4.55. The van der Waals surface area contributed by atoms with Crippen molar-refractivity contribution in [3.63, 3.8) is 0 Å². The lowest BCUT2D eigenvalue weighted by atomic mass is 10.2. The maximum Gasteiger partial charge on any atom is 0.140 e. The lowest BCUT2D eigenvalue weighted by Crippen LogP contribution is -2.01. The van der Waals surface area contributed by atoms with Crippen LogP contribution >= 0.6 is 0 Å². The van der Waals surface area contributed by atoms with Crippen molar-refractivity contribution in [2.45, 2.75) is 26.8 Å². The topological polar surface area (TPSA) is 43.8 Å². The van der Waals surface area contributed by atoms with Crippen LogP contribution in [0.4, 0.5) is 5.69 Å². The van der Waals surface area contributed by atoms with Crippen molar-refractivity contribution >= 4 is 5.69 Å². The monoisotopic (exact) mass is 215 g/mol. The van der Waals surface area contributed by atoms with Gasteiger partial charge in [-0.25, -0.2) is 4.98 Å². The SMILES string of the molecule is Cc1cn(C(C)C)c(-c2ccc(N)cc2)n1. The third kappa shape index (κ3) is 1.94. The van der Waals surface area contributed by atoms with Gasteiger partial charge in [-0.2, -0.15) is 0 Å². The Morgan fingerprint density at radius 2 is 1.81 bits per heavy atom. The van der Waals surface area contributed by atoms with Crippen molar-refractivity contribution in [3.8, 4) is 11.4 Å². The molecule has 3 heteroatoms. The summed E-state index contributed by atoms with van der Waals surface area (Å²) in [7, 11) is 0. The molecule has 0 bridgehead atoms. The number of anilines is 1. The molecule has 0 aliphatic carbocycles. The van der Waals surface area contributed by atoms with Crippen LogP contribution in [0.15, 0.2) is 30.5 Å². The van der Waals surface area contributed by atoms with Crippen molar-refractivity contribution in [2.75, 3.05) is 5.73 Å². The van der Waals surface area contributed by atoms with E-state index in [9.17, 15) is 0 Å². The Labute approximate surface area is 95.9 Å². The van der Waals surface area contributed by atoms with Crippen molar-refractivity contribution in [1.82, 2.24) is 9.55 Å². The van der Waals surface area contributed by atoms with Crippen LogP contribution in [0.2, 0.25) is 0 Å². The fraction of sp³-hybridized carbons (Fsp3) is 0.308. The summed E-state index contributed by atoms with van der Waals surface area (Å²) in [6.07, 6.45) is 2.08. The molecule has 0 amide bonds. The Morgan fingerprint density at radius 1 is 1.19 bits per heavy atom. The average molecular weight is 215 g/mol. The minimum Gasteiger partial charge on any atom is -0.399 e. The molecule has 1 aromatic carbocycles. The van der Waals surface area contributed by atoms with Crippen LogP contribution in [0.3, 0.4) is 0 Å². The summed E-state index contributed by atoms with van der Waals surface area (Å²) < 4.78 is 2.18. The fourth-order valence-electron chi connectivity index (χ4n) is 1.76. The molecule has 0 saturated heterocycles. The van der Waals surface area contributed by atoms with Crippen LogP contribution in [-0.2, 0) is 0 Å². The number of aryl methyl sites for hydroxylation is 1. The van der Waals surface area contributed by atoms with Crippen LogP contribution in [-0.4, -0.2) is 9.55 Å². The first-order valence-electron chi connectivity index (χ1n) is 5.49. The molecule has 2 N–H and O–H groups in total. The molecule has 2 rings (SSSR count). The molecular formula is C13H17N3. The number of nitrogens with two attached hydrogens (primary N) is 1. The molecule has 0 atom stereocenters. The minimum absolute atomic E-state index is 0.411. The van der Waals surface area contributed by atoms with E-state index >= 15 is 0 Å². The summed E-state index contributed by atoms with van der Waals surface area (Å²) in [6.45, 7) is 6.32. The van der Waals surface area contributed by atoms with Crippen LogP contribution in [0.1, 0.15) is 25.6 Å². The highest BCUT2D eigenvalue weighted by Gasteiger charge is 2.10. The highest BCUT2D eigenvalue weighted by Crippen LogP contribution is 2.23. The molecule has 0 radical (unpaired) electrons. The third-order valence-corrected chi connectivity index (χ3v) is 2.58. The summed E-state index contributed by atoms with van der Waals surface area (Å²) in [5, 5.41) is 0. The molecule has 0 aliphatic heterocycles. The van der Waals surface area contributed by atoms with Gasteiger partial charge in [0.1, 0.15) is 5.82 Å². The minimum atomic E-state index is 0.411. The number of rotatable bonds is 2. The Balaban J connectivity index is 2.50. The fourth-order valence-corrected chi connectivity index (χ4v) is 1.76. The van der Waals surface area contributed by atoms with Crippen LogP contribution < -0.4 is 5.73 Å². The number of nitrogen functional groups attached to an aromatic ring is 1. The molecular weight excluding hydrogens is 198 g/mol. The molecule has 0 unspecified atom stereocenters. The van der Waals surface area contributed by atoms with Crippen LogP contribution in [0.25, 0.3) is 11.4 Å². The number of hydrogen-bond acceptors (Lipinski definition) is 2. The van der Waals surface area contributed by atoms with Gasteiger partial charge in [0.2, 0.25) is 0 Å².